The molecule has 0 amide bonds. The molecule has 0 bridgehead atoms. The summed E-state index contributed by atoms with van der Waals surface area (Å²) in [7, 11) is 0. The van der Waals surface area contributed by atoms with Crippen LogP contribution in [0.4, 0.5) is 0 Å². The van der Waals surface area contributed by atoms with Crippen molar-refractivity contribution in [1.82, 2.24) is 9.97 Å². The van der Waals surface area contributed by atoms with Crippen LogP contribution >= 0.6 is 0 Å². The van der Waals surface area contributed by atoms with Crippen LogP contribution in [-0.2, 0) is 0 Å². The van der Waals surface area contributed by atoms with Crippen LogP contribution < -0.4 is 0 Å². The molecule has 4 nitrogen and oxygen atoms in total. The van der Waals surface area contributed by atoms with Gasteiger partial charge in [0, 0.05) is 11.1 Å². The van der Waals surface area contributed by atoms with Gasteiger partial charge in [0.1, 0.15) is 11.0 Å². The summed E-state index contributed by atoms with van der Waals surface area (Å²) in [4.78, 5) is 9.52. The summed E-state index contributed by atoms with van der Waals surface area (Å²) in [5, 5.41) is 0. The summed E-state index contributed by atoms with van der Waals surface area (Å²) in [6.07, 6.45) is 4.20. The third-order valence-electron chi connectivity index (χ3n) is 7.77. The van der Waals surface area contributed by atoms with Crippen molar-refractivity contribution < 1.29 is 8.83 Å². The molecule has 0 aliphatic heterocycles. The second-order valence-corrected chi connectivity index (χ2v) is 10.7. The third-order valence-corrected chi connectivity index (χ3v) is 7.77. The van der Waals surface area contributed by atoms with Crippen molar-refractivity contribution in [2.45, 2.75) is 0 Å². The van der Waals surface area contributed by atoms with E-state index in [0.717, 1.165) is 66.7 Å². The molecule has 8 aromatic rings. The molecular formula is C40H26N2O2. The molecule has 0 saturated carbocycles. The number of oxazole rings is 2. The Kier molecular flexibility index (Phi) is 6.43. The molecule has 8 rings (SSSR count). The first-order valence-electron chi connectivity index (χ1n) is 14.6. The van der Waals surface area contributed by atoms with Gasteiger partial charge in [-0.1, -0.05) is 109 Å². The van der Waals surface area contributed by atoms with Gasteiger partial charge in [-0.15, -0.1) is 0 Å². The summed E-state index contributed by atoms with van der Waals surface area (Å²) < 4.78 is 12.1. The Labute approximate surface area is 254 Å². The van der Waals surface area contributed by atoms with Crippen molar-refractivity contribution in [2.75, 3.05) is 0 Å². The van der Waals surface area contributed by atoms with Crippen LogP contribution in [0.3, 0.4) is 0 Å². The number of nitrogens with zero attached hydrogens (tertiary/aromatic N) is 2. The predicted octanol–water partition coefficient (Wildman–Crippen LogP) is 10.8. The van der Waals surface area contributed by atoms with E-state index in [0.29, 0.717) is 11.8 Å². The smallest absolute Gasteiger partial charge is 0.227 e. The molecule has 6 aromatic carbocycles. The Hall–Kier alpha value is -6.00. The number of benzene rings is 6. The molecule has 0 unspecified atom stereocenters. The fourth-order valence-corrected chi connectivity index (χ4v) is 5.39. The lowest BCUT2D eigenvalue weighted by Gasteiger charge is -1.99. The number of rotatable bonds is 6. The predicted molar refractivity (Wildman–Crippen MR) is 179 cm³/mol. The zero-order chi connectivity index (χ0) is 29.3. The monoisotopic (exact) mass is 566 g/mol. The highest BCUT2D eigenvalue weighted by Crippen LogP contribution is 2.30. The molecule has 0 fully saturated rings. The largest absolute Gasteiger partial charge is 0.436 e. The zero-order valence-corrected chi connectivity index (χ0v) is 23.7. The van der Waals surface area contributed by atoms with E-state index in [4.69, 9.17) is 18.8 Å². The molecule has 208 valence electrons. The maximum absolute atomic E-state index is 6.07. The fraction of sp³-hybridized carbons (Fsp3) is 0. The van der Waals surface area contributed by atoms with Gasteiger partial charge in [0.25, 0.3) is 0 Å². The van der Waals surface area contributed by atoms with Gasteiger partial charge < -0.3 is 8.83 Å². The second-order valence-electron chi connectivity index (χ2n) is 10.7. The van der Waals surface area contributed by atoms with Crippen molar-refractivity contribution in [3.05, 3.63) is 157 Å². The highest BCUT2D eigenvalue weighted by molar-refractivity contribution is 5.84. The summed E-state index contributed by atoms with van der Waals surface area (Å²) in [5.74, 6) is 1.23. The maximum atomic E-state index is 6.07. The summed E-state index contributed by atoms with van der Waals surface area (Å²) in [6.45, 7) is 0. The van der Waals surface area contributed by atoms with Crippen LogP contribution in [0.15, 0.2) is 154 Å². The maximum Gasteiger partial charge on any atom is 0.227 e. The highest BCUT2D eigenvalue weighted by atomic mass is 16.4. The van der Waals surface area contributed by atoms with Gasteiger partial charge in [-0.2, -0.15) is 0 Å². The van der Waals surface area contributed by atoms with Gasteiger partial charge in [-0.05, 0) is 81.9 Å². The van der Waals surface area contributed by atoms with E-state index in [-0.39, 0.29) is 0 Å². The molecule has 4 heteroatoms. The molecule has 0 aliphatic rings. The molecule has 0 spiro atoms. The van der Waals surface area contributed by atoms with Crippen LogP contribution in [0, 0.1) is 0 Å². The minimum atomic E-state index is 0.617. The Morgan fingerprint density at radius 1 is 0.364 bits per heavy atom. The van der Waals surface area contributed by atoms with E-state index >= 15 is 0 Å². The Balaban J connectivity index is 0.967. The van der Waals surface area contributed by atoms with E-state index in [1.807, 2.05) is 72.8 Å². The standard InChI is InChI=1S/C40H26N2O2/c1-3-7-29(8-4-1)33-21-23-37-35(25-33)41-39(43-37)31-17-13-27(14-18-31)11-12-28-15-19-32(20-16-28)40-42-36-26-34(22-24-38(36)44-40)30-9-5-2-6-10-30/h1-26H. The van der Waals surface area contributed by atoms with E-state index in [1.54, 1.807) is 0 Å². The molecule has 2 heterocycles. The molecule has 0 atom stereocenters. The minimum Gasteiger partial charge on any atom is -0.436 e. The fourth-order valence-electron chi connectivity index (χ4n) is 5.39. The Bertz CT molecular complexity index is 2080. The number of hydrogen-bond acceptors (Lipinski definition) is 4. The SMILES string of the molecule is C(=Cc1ccc(-c2nc3cc(-c4ccccc4)ccc3o2)cc1)c1ccc(-c2nc3cc(-c4ccccc4)ccc3o2)cc1. The first-order valence-corrected chi connectivity index (χ1v) is 14.6. The van der Waals surface area contributed by atoms with Gasteiger partial charge in [-0.3, -0.25) is 0 Å². The van der Waals surface area contributed by atoms with Gasteiger partial charge in [0.15, 0.2) is 11.2 Å². The number of aromatic nitrogens is 2. The number of fused-ring (bicyclic) bond motifs is 2. The topological polar surface area (TPSA) is 52.1 Å². The van der Waals surface area contributed by atoms with Gasteiger partial charge in [0.05, 0.1) is 0 Å². The van der Waals surface area contributed by atoms with Crippen molar-refractivity contribution >= 4 is 34.4 Å². The minimum absolute atomic E-state index is 0.617. The van der Waals surface area contributed by atoms with Gasteiger partial charge in [0.2, 0.25) is 11.8 Å². The van der Waals surface area contributed by atoms with Crippen LogP contribution in [0.5, 0.6) is 0 Å². The highest BCUT2D eigenvalue weighted by Gasteiger charge is 2.11. The molecule has 0 saturated heterocycles. The van der Waals surface area contributed by atoms with Crippen LogP contribution in [-0.4, -0.2) is 9.97 Å². The van der Waals surface area contributed by atoms with Crippen molar-refractivity contribution in [3.63, 3.8) is 0 Å². The lowest BCUT2D eigenvalue weighted by molar-refractivity contribution is 0.619. The Morgan fingerprint density at radius 2 is 0.750 bits per heavy atom. The quantitative estimate of drug-likeness (QED) is 0.188. The average molecular weight is 567 g/mol. The second kappa shape index (κ2) is 11.0. The van der Waals surface area contributed by atoms with E-state index in [9.17, 15) is 0 Å². The first kappa shape index (κ1) is 25.7. The summed E-state index contributed by atoms with van der Waals surface area (Å²) >= 11 is 0. The first-order chi connectivity index (χ1) is 21.7. The molecule has 2 aromatic heterocycles. The molecule has 0 radical (unpaired) electrons. The lowest BCUT2D eigenvalue weighted by Crippen LogP contribution is -1.80. The van der Waals surface area contributed by atoms with Crippen molar-refractivity contribution in [2.24, 2.45) is 0 Å². The summed E-state index contributed by atoms with van der Waals surface area (Å²) in [5.41, 5.74) is 11.9. The van der Waals surface area contributed by atoms with Gasteiger partial charge >= 0.3 is 0 Å². The van der Waals surface area contributed by atoms with Crippen LogP contribution in [0.2, 0.25) is 0 Å². The molecule has 44 heavy (non-hydrogen) atoms. The number of hydrogen-bond donors (Lipinski definition) is 0. The third kappa shape index (κ3) is 5.10. The average Bonchev–Trinajstić information content (AvgIpc) is 3.73. The van der Waals surface area contributed by atoms with Crippen LogP contribution in [0.1, 0.15) is 11.1 Å². The van der Waals surface area contributed by atoms with Crippen molar-refractivity contribution in [1.29, 1.82) is 0 Å². The van der Waals surface area contributed by atoms with E-state index in [2.05, 4.69) is 84.9 Å². The molecule has 0 N–H and O–H groups in total. The van der Waals surface area contributed by atoms with Gasteiger partial charge in [-0.25, -0.2) is 9.97 Å². The van der Waals surface area contributed by atoms with E-state index in [1.165, 1.54) is 0 Å². The van der Waals surface area contributed by atoms with E-state index < -0.39 is 0 Å². The zero-order valence-electron chi connectivity index (χ0n) is 23.7. The molecular weight excluding hydrogens is 540 g/mol. The Morgan fingerprint density at radius 3 is 1.16 bits per heavy atom. The normalized spacial score (nSPS) is 11.5. The van der Waals surface area contributed by atoms with Crippen molar-refractivity contribution in [3.8, 4) is 45.2 Å². The lowest BCUT2D eigenvalue weighted by atomic mass is 10.1. The van der Waals surface area contributed by atoms with Crippen LogP contribution in [0.25, 0.3) is 79.5 Å². The summed E-state index contributed by atoms with van der Waals surface area (Å²) in [6, 6.07) is 49.4. The molecule has 0 aliphatic carbocycles.